The molecule has 4 nitrogen and oxygen atoms in total. The highest BCUT2D eigenvalue weighted by Gasteiger charge is 2.48. The van der Waals surface area contributed by atoms with E-state index in [2.05, 4.69) is 0 Å². The summed E-state index contributed by atoms with van der Waals surface area (Å²) in [7, 11) is 0. The average molecular weight is 262 g/mol. The summed E-state index contributed by atoms with van der Waals surface area (Å²) in [5, 5.41) is 19.3. The van der Waals surface area contributed by atoms with Gasteiger partial charge in [-0.15, -0.1) is 0 Å². The van der Waals surface area contributed by atoms with Crippen LogP contribution in [0.5, 0.6) is 5.75 Å². The number of phenolic OH excluding ortho intramolecular Hbond substituents is 1. The van der Waals surface area contributed by atoms with Crippen molar-refractivity contribution in [1.29, 1.82) is 0 Å². The first-order valence-corrected chi connectivity index (χ1v) is 6.76. The number of carboxylic acid groups (broad SMARTS) is 1. The lowest BCUT2D eigenvalue weighted by molar-refractivity contribution is -0.147. The number of carbonyl (C=O) groups is 1. The van der Waals surface area contributed by atoms with Crippen molar-refractivity contribution in [3.8, 4) is 5.75 Å². The Morgan fingerprint density at radius 3 is 2.74 bits per heavy atom. The van der Waals surface area contributed by atoms with Crippen LogP contribution in [-0.2, 0) is 21.4 Å². The number of fused-ring (bicyclic) bond motifs is 2. The number of aliphatic carboxylic acids is 1. The molecule has 1 fully saturated rings. The molecule has 4 heteroatoms. The normalized spacial score (nSPS) is 24.9. The molecule has 1 spiro atoms. The molecule has 3 rings (SSSR count). The van der Waals surface area contributed by atoms with Crippen LogP contribution in [0.4, 0.5) is 0 Å². The zero-order valence-corrected chi connectivity index (χ0v) is 10.8. The summed E-state index contributed by atoms with van der Waals surface area (Å²) < 4.78 is 5.41. The molecule has 0 saturated carbocycles. The van der Waals surface area contributed by atoms with E-state index < -0.39 is 5.97 Å². The van der Waals surface area contributed by atoms with Crippen LogP contribution in [0.3, 0.4) is 0 Å². The number of aromatic hydroxyl groups is 1. The molecular formula is C15H18O4. The van der Waals surface area contributed by atoms with Gasteiger partial charge in [0.2, 0.25) is 0 Å². The first-order chi connectivity index (χ1) is 9.13. The van der Waals surface area contributed by atoms with Gasteiger partial charge in [0, 0.05) is 18.6 Å². The Bertz CT molecular complexity index is 503. The minimum absolute atomic E-state index is 0.218. The Kier molecular flexibility index (Phi) is 2.97. The van der Waals surface area contributed by atoms with Crippen LogP contribution in [0.25, 0.3) is 0 Å². The second-order valence-electron chi connectivity index (χ2n) is 5.54. The van der Waals surface area contributed by atoms with Gasteiger partial charge in [-0.1, -0.05) is 6.07 Å². The number of rotatable bonds is 1. The maximum absolute atomic E-state index is 11.6. The largest absolute Gasteiger partial charge is 0.508 e. The van der Waals surface area contributed by atoms with Crippen LogP contribution in [0, 0.1) is 5.92 Å². The van der Waals surface area contributed by atoms with Gasteiger partial charge in [0.05, 0.1) is 5.92 Å². The van der Waals surface area contributed by atoms with E-state index in [4.69, 9.17) is 4.74 Å². The van der Waals surface area contributed by atoms with Gasteiger partial charge in [0.25, 0.3) is 0 Å². The average Bonchev–Trinajstić information content (AvgIpc) is 2.40. The number of hydrogen-bond acceptors (Lipinski definition) is 3. The Balaban J connectivity index is 2.13. The van der Waals surface area contributed by atoms with E-state index in [1.54, 1.807) is 12.1 Å². The third-order valence-corrected chi connectivity index (χ3v) is 4.68. The molecule has 1 aliphatic carbocycles. The van der Waals surface area contributed by atoms with Crippen molar-refractivity contribution in [2.24, 2.45) is 5.92 Å². The lowest BCUT2D eigenvalue weighted by Crippen LogP contribution is -2.47. The van der Waals surface area contributed by atoms with Crippen LogP contribution >= 0.6 is 0 Å². The molecule has 1 saturated heterocycles. The Morgan fingerprint density at radius 1 is 1.32 bits per heavy atom. The summed E-state index contributed by atoms with van der Waals surface area (Å²) in [6.07, 6.45) is 2.89. The second kappa shape index (κ2) is 4.53. The molecule has 1 heterocycles. The molecule has 102 valence electrons. The molecule has 1 aromatic carbocycles. The van der Waals surface area contributed by atoms with Crippen LogP contribution < -0.4 is 0 Å². The first-order valence-electron chi connectivity index (χ1n) is 6.76. The Morgan fingerprint density at radius 2 is 2.05 bits per heavy atom. The number of ether oxygens (including phenoxy) is 1. The first kappa shape index (κ1) is 12.5. The Labute approximate surface area is 112 Å². The summed E-state index contributed by atoms with van der Waals surface area (Å²) in [5.74, 6) is -0.878. The number of phenols is 1. The van der Waals surface area contributed by atoms with Crippen LogP contribution in [0.2, 0.25) is 0 Å². The van der Waals surface area contributed by atoms with Gasteiger partial charge in [-0.3, -0.25) is 4.79 Å². The fourth-order valence-electron chi connectivity index (χ4n) is 3.72. The molecule has 0 radical (unpaired) electrons. The summed E-state index contributed by atoms with van der Waals surface area (Å²) >= 11 is 0. The van der Waals surface area contributed by atoms with Crippen molar-refractivity contribution >= 4 is 5.97 Å². The lowest BCUT2D eigenvalue weighted by atomic mass is 9.59. The number of aryl methyl sites for hydroxylation is 1. The molecule has 1 atom stereocenters. The minimum Gasteiger partial charge on any atom is -0.508 e. The minimum atomic E-state index is -0.726. The maximum Gasteiger partial charge on any atom is 0.307 e. The van der Waals surface area contributed by atoms with Gasteiger partial charge in [-0.25, -0.2) is 0 Å². The highest BCUT2D eigenvalue weighted by atomic mass is 16.5. The molecular weight excluding hydrogens is 244 g/mol. The molecule has 2 N–H and O–H groups in total. The highest BCUT2D eigenvalue weighted by Crippen LogP contribution is 2.49. The zero-order chi connectivity index (χ0) is 13.5. The van der Waals surface area contributed by atoms with E-state index in [9.17, 15) is 15.0 Å². The van der Waals surface area contributed by atoms with Crippen LogP contribution in [0.15, 0.2) is 18.2 Å². The highest BCUT2D eigenvalue weighted by molar-refractivity contribution is 5.73. The van der Waals surface area contributed by atoms with Crippen molar-refractivity contribution in [1.82, 2.24) is 0 Å². The third kappa shape index (κ3) is 1.91. The van der Waals surface area contributed by atoms with Crippen molar-refractivity contribution in [2.75, 3.05) is 13.2 Å². The fourth-order valence-corrected chi connectivity index (χ4v) is 3.72. The monoisotopic (exact) mass is 262 g/mol. The zero-order valence-electron chi connectivity index (χ0n) is 10.8. The van der Waals surface area contributed by atoms with E-state index in [1.165, 1.54) is 5.56 Å². The fraction of sp³-hybridized carbons (Fsp3) is 0.533. The molecule has 1 unspecified atom stereocenters. The predicted octanol–water partition coefficient (Wildman–Crippen LogP) is 2.09. The Hall–Kier alpha value is -1.55. The van der Waals surface area contributed by atoms with Gasteiger partial charge in [0.1, 0.15) is 5.75 Å². The molecule has 19 heavy (non-hydrogen) atoms. The molecule has 0 amide bonds. The van der Waals surface area contributed by atoms with Gasteiger partial charge >= 0.3 is 5.97 Å². The van der Waals surface area contributed by atoms with E-state index in [0.29, 0.717) is 19.6 Å². The number of benzene rings is 1. The molecule has 0 aromatic heterocycles. The quantitative estimate of drug-likeness (QED) is 0.813. The van der Waals surface area contributed by atoms with Gasteiger partial charge in [-0.05, 0) is 48.9 Å². The topological polar surface area (TPSA) is 66.8 Å². The van der Waals surface area contributed by atoms with Crippen LogP contribution in [0.1, 0.15) is 30.4 Å². The van der Waals surface area contributed by atoms with E-state index >= 15 is 0 Å². The van der Waals surface area contributed by atoms with Crippen molar-refractivity contribution in [3.63, 3.8) is 0 Å². The number of carboxylic acids is 1. The molecule has 0 bridgehead atoms. The molecule has 1 aromatic rings. The van der Waals surface area contributed by atoms with Crippen molar-refractivity contribution in [2.45, 2.75) is 31.1 Å². The van der Waals surface area contributed by atoms with Gasteiger partial charge < -0.3 is 14.9 Å². The molecule has 2 aliphatic rings. The second-order valence-corrected chi connectivity index (χ2v) is 5.54. The molecule has 1 aliphatic heterocycles. The third-order valence-electron chi connectivity index (χ3n) is 4.68. The van der Waals surface area contributed by atoms with Crippen molar-refractivity contribution < 1.29 is 19.7 Å². The summed E-state index contributed by atoms with van der Waals surface area (Å²) in [6, 6.07) is 5.38. The van der Waals surface area contributed by atoms with Gasteiger partial charge in [0.15, 0.2) is 0 Å². The standard InChI is InChI=1S/C15H18O4/c16-11-3-1-10-2-4-12(14(17)18)15(13(10)9-11)5-7-19-8-6-15/h1,3,9,12,16H,2,4-8H2,(H,17,18). The van der Waals surface area contributed by atoms with E-state index in [0.717, 1.165) is 24.8 Å². The number of hydrogen-bond donors (Lipinski definition) is 2. The summed E-state index contributed by atoms with van der Waals surface area (Å²) in [4.78, 5) is 11.6. The summed E-state index contributed by atoms with van der Waals surface area (Å²) in [6.45, 7) is 1.19. The lowest BCUT2D eigenvalue weighted by Gasteiger charge is -2.46. The van der Waals surface area contributed by atoms with E-state index in [1.807, 2.05) is 6.07 Å². The van der Waals surface area contributed by atoms with Crippen LogP contribution in [-0.4, -0.2) is 29.4 Å². The predicted molar refractivity (Wildman–Crippen MR) is 69.3 cm³/mol. The maximum atomic E-state index is 11.6. The van der Waals surface area contributed by atoms with Gasteiger partial charge in [-0.2, -0.15) is 0 Å². The summed E-state index contributed by atoms with van der Waals surface area (Å²) in [5.41, 5.74) is 1.84. The SMILES string of the molecule is O=C(O)C1CCc2ccc(O)cc2C12CCOCC2. The van der Waals surface area contributed by atoms with Crippen molar-refractivity contribution in [3.05, 3.63) is 29.3 Å². The smallest absolute Gasteiger partial charge is 0.307 e. The van der Waals surface area contributed by atoms with E-state index in [-0.39, 0.29) is 17.1 Å².